The summed E-state index contributed by atoms with van der Waals surface area (Å²) in [7, 11) is 0. The van der Waals surface area contributed by atoms with Crippen molar-refractivity contribution in [2.45, 2.75) is 78.2 Å². The summed E-state index contributed by atoms with van der Waals surface area (Å²) in [5, 5.41) is 10.7. The van der Waals surface area contributed by atoms with Crippen molar-refractivity contribution in [2.75, 3.05) is 0 Å². The zero-order valence-electron chi connectivity index (χ0n) is 11.0. The molecule has 1 nitrogen and oxygen atoms in total. The topological polar surface area (TPSA) is 20.2 Å². The van der Waals surface area contributed by atoms with Gasteiger partial charge in [-0.05, 0) is 37.0 Å². The lowest BCUT2D eigenvalue weighted by molar-refractivity contribution is -0.0626. The standard InChI is InChI=1S/C14H28O/c1-5-12-8-6-7-9-14(12,15)11-10-13(2,3)4/h12,15H,5-11H2,1-4H3. The van der Waals surface area contributed by atoms with E-state index in [4.69, 9.17) is 0 Å². The Morgan fingerprint density at radius 2 is 1.93 bits per heavy atom. The molecule has 0 aromatic rings. The predicted octanol–water partition coefficient (Wildman–Crippen LogP) is 4.14. The van der Waals surface area contributed by atoms with Gasteiger partial charge in [0, 0.05) is 0 Å². The number of aliphatic hydroxyl groups is 1. The van der Waals surface area contributed by atoms with E-state index in [9.17, 15) is 5.11 Å². The van der Waals surface area contributed by atoms with E-state index < -0.39 is 0 Å². The molecule has 0 aromatic carbocycles. The molecule has 0 bridgehead atoms. The van der Waals surface area contributed by atoms with Crippen molar-refractivity contribution in [1.82, 2.24) is 0 Å². The molecule has 0 aromatic heterocycles. The van der Waals surface area contributed by atoms with Crippen LogP contribution in [0.15, 0.2) is 0 Å². The van der Waals surface area contributed by atoms with Crippen LogP contribution in [0.1, 0.15) is 72.6 Å². The van der Waals surface area contributed by atoms with Crippen LogP contribution in [0.5, 0.6) is 0 Å². The minimum absolute atomic E-state index is 0.347. The second kappa shape index (κ2) is 4.86. The Balaban J connectivity index is 2.54. The van der Waals surface area contributed by atoms with Gasteiger partial charge in [-0.1, -0.05) is 47.0 Å². The van der Waals surface area contributed by atoms with Crippen molar-refractivity contribution in [3.63, 3.8) is 0 Å². The molecule has 1 saturated carbocycles. The summed E-state index contributed by atoms with van der Waals surface area (Å²) in [6, 6.07) is 0. The number of hydrogen-bond donors (Lipinski definition) is 1. The van der Waals surface area contributed by atoms with Crippen LogP contribution in [0.2, 0.25) is 0 Å². The first kappa shape index (κ1) is 13.0. The third kappa shape index (κ3) is 3.79. The van der Waals surface area contributed by atoms with Gasteiger partial charge in [0.25, 0.3) is 0 Å². The highest BCUT2D eigenvalue weighted by Crippen LogP contribution is 2.40. The molecule has 1 N–H and O–H groups in total. The van der Waals surface area contributed by atoms with Crippen LogP contribution in [-0.2, 0) is 0 Å². The van der Waals surface area contributed by atoms with Crippen LogP contribution in [0.3, 0.4) is 0 Å². The van der Waals surface area contributed by atoms with E-state index in [2.05, 4.69) is 27.7 Å². The molecule has 1 rings (SSSR count). The third-order valence-corrected chi connectivity index (χ3v) is 3.97. The normalized spacial score (nSPS) is 33.0. The van der Waals surface area contributed by atoms with E-state index in [1.54, 1.807) is 0 Å². The Kier molecular flexibility index (Phi) is 4.22. The molecule has 0 amide bonds. The first-order valence-corrected chi connectivity index (χ1v) is 6.60. The molecule has 1 fully saturated rings. The molecule has 2 unspecified atom stereocenters. The minimum Gasteiger partial charge on any atom is -0.390 e. The van der Waals surface area contributed by atoms with Crippen LogP contribution in [0, 0.1) is 11.3 Å². The van der Waals surface area contributed by atoms with Crippen molar-refractivity contribution in [1.29, 1.82) is 0 Å². The van der Waals surface area contributed by atoms with E-state index in [0.717, 1.165) is 25.7 Å². The van der Waals surface area contributed by atoms with Crippen molar-refractivity contribution < 1.29 is 5.11 Å². The van der Waals surface area contributed by atoms with E-state index in [1.807, 2.05) is 0 Å². The van der Waals surface area contributed by atoms with Gasteiger partial charge < -0.3 is 5.11 Å². The predicted molar refractivity (Wildman–Crippen MR) is 65.9 cm³/mol. The van der Waals surface area contributed by atoms with Crippen LogP contribution < -0.4 is 0 Å². The largest absolute Gasteiger partial charge is 0.390 e. The smallest absolute Gasteiger partial charge is 0.0675 e. The molecular weight excluding hydrogens is 184 g/mol. The summed E-state index contributed by atoms with van der Waals surface area (Å²) in [6.07, 6.45) is 8.07. The third-order valence-electron chi connectivity index (χ3n) is 3.97. The maximum absolute atomic E-state index is 10.7. The first-order chi connectivity index (χ1) is 6.87. The summed E-state index contributed by atoms with van der Waals surface area (Å²) in [4.78, 5) is 0. The average molecular weight is 212 g/mol. The summed E-state index contributed by atoms with van der Waals surface area (Å²) < 4.78 is 0. The lowest BCUT2D eigenvalue weighted by atomic mass is 9.70. The van der Waals surface area contributed by atoms with Gasteiger partial charge in [-0.25, -0.2) is 0 Å². The van der Waals surface area contributed by atoms with E-state index in [0.29, 0.717) is 11.3 Å². The van der Waals surface area contributed by atoms with Gasteiger partial charge in [0.05, 0.1) is 5.60 Å². The van der Waals surface area contributed by atoms with Crippen molar-refractivity contribution in [3.05, 3.63) is 0 Å². The highest BCUT2D eigenvalue weighted by Gasteiger charge is 2.37. The van der Waals surface area contributed by atoms with Gasteiger partial charge >= 0.3 is 0 Å². The van der Waals surface area contributed by atoms with Crippen molar-refractivity contribution >= 4 is 0 Å². The molecular formula is C14H28O. The second-order valence-electron chi connectivity index (χ2n) is 6.52. The molecule has 1 aliphatic carbocycles. The summed E-state index contributed by atoms with van der Waals surface area (Å²) in [6.45, 7) is 9.01. The van der Waals surface area contributed by atoms with Crippen LogP contribution >= 0.6 is 0 Å². The van der Waals surface area contributed by atoms with E-state index in [1.165, 1.54) is 19.3 Å². The minimum atomic E-state index is -0.347. The van der Waals surface area contributed by atoms with Gasteiger partial charge in [-0.2, -0.15) is 0 Å². The van der Waals surface area contributed by atoms with Gasteiger partial charge in [0.1, 0.15) is 0 Å². The lowest BCUT2D eigenvalue weighted by Crippen LogP contribution is -2.41. The van der Waals surface area contributed by atoms with Crippen LogP contribution in [0.4, 0.5) is 0 Å². The van der Waals surface area contributed by atoms with Crippen molar-refractivity contribution in [2.24, 2.45) is 11.3 Å². The van der Waals surface area contributed by atoms with Gasteiger partial charge in [-0.3, -0.25) is 0 Å². The Morgan fingerprint density at radius 3 is 2.47 bits per heavy atom. The Labute approximate surface area is 95.3 Å². The van der Waals surface area contributed by atoms with Crippen molar-refractivity contribution in [3.8, 4) is 0 Å². The van der Waals surface area contributed by atoms with E-state index >= 15 is 0 Å². The van der Waals surface area contributed by atoms with Gasteiger partial charge in [0.2, 0.25) is 0 Å². The highest BCUT2D eigenvalue weighted by atomic mass is 16.3. The molecule has 2 atom stereocenters. The fourth-order valence-electron chi connectivity index (χ4n) is 2.80. The fourth-order valence-corrected chi connectivity index (χ4v) is 2.80. The number of hydrogen-bond acceptors (Lipinski definition) is 1. The quantitative estimate of drug-likeness (QED) is 0.745. The first-order valence-electron chi connectivity index (χ1n) is 6.60. The average Bonchev–Trinajstić information content (AvgIpc) is 2.15. The van der Waals surface area contributed by atoms with Crippen LogP contribution in [-0.4, -0.2) is 10.7 Å². The second-order valence-corrected chi connectivity index (χ2v) is 6.52. The molecule has 15 heavy (non-hydrogen) atoms. The zero-order chi connectivity index (χ0) is 11.5. The maximum atomic E-state index is 10.7. The Hall–Kier alpha value is -0.0400. The Bertz CT molecular complexity index is 192. The molecule has 1 heteroatoms. The highest BCUT2D eigenvalue weighted by molar-refractivity contribution is 4.90. The molecule has 1 aliphatic rings. The van der Waals surface area contributed by atoms with E-state index in [-0.39, 0.29) is 5.60 Å². The maximum Gasteiger partial charge on any atom is 0.0675 e. The Morgan fingerprint density at radius 1 is 1.27 bits per heavy atom. The number of rotatable bonds is 3. The summed E-state index contributed by atoms with van der Waals surface area (Å²) in [5.41, 5.74) is 0.00570. The molecule has 0 radical (unpaired) electrons. The molecule has 0 spiro atoms. The molecule has 0 aliphatic heterocycles. The SMILES string of the molecule is CCC1CCCCC1(O)CCC(C)(C)C. The van der Waals surface area contributed by atoms with Crippen LogP contribution in [0.25, 0.3) is 0 Å². The molecule has 90 valence electrons. The summed E-state index contributed by atoms with van der Waals surface area (Å²) in [5.74, 6) is 0.550. The molecule has 0 saturated heterocycles. The van der Waals surface area contributed by atoms with Gasteiger partial charge in [-0.15, -0.1) is 0 Å². The lowest BCUT2D eigenvalue weighted by Gasteiger charge is -2.41. The summed E-state index contributed by atoms with van der Waals surface area (Å²) >= 11 is 0. The zero-order valence-corrected chi connectivity index (χ0v) is 11.0. The molecule has 0 heterocycles. The fraction of sp³-hybridized carbons (Fsp3) is 1.00. The monoisotopic (exact) mass is 212 g/mol. The van der Waals surface area contributed by atoms with Gasteiger partial charge in [0.15, 0.2) is 0 Å².